The highest BCUT2D eigenvalue weighted by atomic mass is 14.7. The third-order valence-corrected chi connectivity index (χ3v) is 2.41. The zero-order valence-electron chi connectivity index (χ0n) is 9.36. The van der Waals surface area contributed by atoms with Crippen LogP contribution in [0.3, 0.4) is 0 Å². The van der Waals surface area contributed by atoms with E-state index < -0.39 is 0 Å². The molecule has 1 aromatic heterocycles. The normalized spacial score (nSPS) is 9.81. The number of nitrogens with zero attached hydrogens (tertiary/aromatic N) is 2. The van der Waals surface area contributed by atoms with Gasteiger partial charge in [-0.2, -0.15) is 0 Å². The Hall–Kier alpha value is -2.14. The molecule has 0 aliphatic rings. The van der Waals surface area contributed by atoms with E-state index in [1.54, 1.807) is 0 Å². The first kappa shape index (κ1) is 10.4. The van der Waals surface area contributed by atoms with Crippen LogP contribution in [-0.2, 0) is 0 Å². The van der Waals surface area contributed by atoms with Crippen LogP contribution >= 0.6 is 0 Å². The summed E-state index contributed by atoms with van der Waals surface area (Å²) in [5.74, 6) is 0. The molecule has 0 saturated heterocycles. The Balaban J connectivity index is 2.47. The van der Waals surface area contributed by atoms with Gasteiger partial charge in [0.15, 0.2) is 5.69 Å². The zero-order valence-corrected chi connectivity index (χ0v) is 9.36. The SMILES string of the molecule is [C-]#[N+]c1ccc(-c2cc(C)nc(C)c2)cc1. The van der Waals surface area contributed by atoms with Crippen molar-refractivity contribution in [1.82, 2.24) is 4.98 Å². The van der Waals surface area contributed by atoms with Gasteiger partial charge in [-0.1, -0.05) is 24.3 Å². The minimum Gasteiger partial charge on any atom is -0.258 e. The summed E-state index contributed by atoms with van der Waals surface area (Å²) in [7, 11) is 0. The van der Waals surface area contributed by atoms with Crippen LogP contribution in [0.15, 0.2) is 36.4 Å². The summed E-state index contributed by atoms with van der Waals surface area (Å²) >= 11 is 0. The topological polar surface area (TPSA) is 17.2 Å². The fourth-order valence-electron chi connectivity index (χ4n) is 1.73. The van der Waals surface area contributed by atoms with Crippen LogP contribution in [0.5, 0.6) is 0 Å². The van der Waals surface area contributed by atoms with E-state index in [1.165, 1.54) is 0 Å². The zero-order chi connectivity index (χ0) is 11.5. The maximum Gasteiger partial charge on any atom is 0.187 e. The molecule has 0 unspecified atom stereocenters. The van der Waals surface area contributed by atoms with E-state index in [-0.39, 0.29) is 0 Å². The second kappa shape index (κ2) is 4.16. The molecular weight excluding hydrogens is 196 g/mol. The average molecular weight is 208 g/mol. The van der Waals surface area contributed by atoms with Crippen molar-refractivity contribution >= 4 is 5.69 Å². The van der Waals surface area contributed by atoms with Crippen LogP contribution in [0.4, 0.5) is 5.69 Å². The molecule has 0 spiro atoms. The highest BCUT2D eigenvalue weighted by molar-refractivity contribution is 5.66. The molecule has 1 aromatic carbocycles. The van der Waals surface area contributed by atoms with Crippen molar-refractivity contribution < 1.29 is 0 Å². The number of aromatic nitrogens is 1. The summed E-state index contributed by atoms with van der Waals surface area (Å²) in [5.41, 5.74) is 4.99. The van der Waals surface area contributed by atoms with Gasteiger partial charge in [-0.25, -0.2) is 4.85 Å². The molecule has 0 bridgehead atoms. The van der Waals surface area contributed by atoms with Gasteiger partial charge >= 0.3 is 0 Å². The predicted octanol–water partition coefficient (Wildman–Crippen LogP) is 3.92. The third-order valence-electron chi connectivity index (χ3n) is 2.41. The molecule has 2 rings (SSSR count). The molecule has 2 nitrogen and oxygen atoms in total. The van der Waals surface area contributed by atoms with Crippen LogP contribution in [0.25, 0.3) is 16.0 Å². The number of pyridine rings is 1. The number of benzene rings is 1. The smallest absolute Gasteiger partial charge is 0.187 e. The van der Waals surface area contributed by atoms with Gasteiger partial charge in [-0.05, 0) is 37.1 Å². The van der Waals surface area contributed by atoms with Crippen LogP contribution in [0.1, 0.15) is 11.4 Å². The van der Waals surface area contributed by atoms with Crippen molar-refractivity contribution in [2.24, 2.45) is 0 Å². The Labute approximate surface area is 95.4 Å². The van der Waals surface area contributed by atoms with E-state index in [0.29, 0.717) is 5.69 Å². The Morgan fingerprint density at radius 1 is 0.938 bits per heavy atom. The predicted molar refractivity (Wildman–Crippen MR) is 65.4 cm³/mol. The number of rotatable bonds is 1. The fraction of sp³-hybridized carbons (Fsp3) is 0.143. The standard InChI is InChI=1S/C14H12N2/c1-10-8-13(9-11(2)16-10)12-4-6-14(15-3)7-5-12/h4-9H,1-2H3. The van der Waals surface area contributed by atoms with Gasteiger partial charge in [0.25, 0.3) is 0 Å². The van der Waals surface area contributed by atoms with Gasteiger partial charge in [0.05, 0.1) is 6.57 Å². The molecule has 78 valence electrons. The van der Waals surface area contributed by atoms with Crippen molar-refractivity contribution in [1.29, 1.82) is 0 Å². The summed E-state index contributed by atoms with van der Waals surface area (Å²) in [6.07, 6.45) is 0. The molecule has 1 heterocycles. The van der Waals surface area contributed by atoms with Crippen molar-refractivity contribution in [3.05, 3.63) is 59.2 Å². The maximum atomic E-state index is 6.90. The third kappa shape index (κ3) is 2.09. The van der Waals surface area contributed by atoms with Crippen LogP contribution in [0, 0.1) is 20.4 Å². The largest absolute Gasteiger partial charge is 0.258 e. The highest BCUT2D eigenvalue weighted by Crippen LogP contribution is 2.23. The van der Waals surface area contributed by atoms with Crippen LogP contribution in [0.2, 0.25) is 0 Å². The van der Waals surface area contributed by atoms with Crippen molar-refractivity contribution in [2.75, 3.05) is 0 Å². The summed E-state index contributed by atoms with van der Waals surface area (Å²) < 4.78 is 0. The number of hydrogen-bond donors (Lipinski definition) is 0. The minimum absolute atomic E-state index is 0.672. The summed E-state index contributed by atoms with van der Waals surface area (Å²) in [6.45, 7) is 10.9. The lowest BCUT2D eigenvalue weighted by molar-refractivity contribution is 1.12. The first-order chi connectivity index (χ1) is 7.69. The second-order valence-electron chi connectivity index (χ2n) is 3.80. The van der Waals surface area contributed by atoms with E-state index in [0.717, 1.165) is 22.5 Å². The van der Waals surface area contributed by atoms with Gasteiger partial charge in [-0.3, -0.25) is 4.98 Å². The molecule has 0 aliphatic carbocycles. The van der Waals surface area contributed by atoms with Gasteiger partial charge in [-0.15, -0.1) is 0 Å². The van der Waals surface area contributed by atoms with Crippen LogP contribution in [-0.4, -0.2) is 4.98 Å². The van der Waals surface area contributed by atoms with Crippen molar-refractivity contribution in [3.8, 4) is 11.1 Å². The van der Waals surface area contributed by atoms with E-state index in [4.69, 9.17) is 6.57 Å². The first-order valence-corrected chi connectivity index (χ1v) is 5.12. The quantitative estimate of drug-likeness (QED) is 0.649. The Kier molecular flexibility index (Phi) is 2.70. The Morgan fingerprint density at radius 3 is 2.00 bits per heavy atom. The van der Waals surface area contributed by atoms with Gasteiger partial charge in [0.1, 0.15) is 0 Å². The molecular formula is C14H12N2. The van der Waals surface area contributed by atoms with Crippen LogP contribution < -0.4 is 0 Å². The molecule has 0 saturated carbocycles. The van der Waals surface area contributed by atoms with E-state index >= 15 is 0 Å². The maximum absolute atomic E-state index is 6.90. The van der Waals surface area contributed by atoms with E-state index in [1.807, 2.05) is 38.1 Å². The minimum atomic E-state index is 0.672. The lowest BCUT2D eigenvalue weighted by Crippen LogP contribution is -1.87. The van der Waals surface area contributed by atoms with E-state index in [2.05, 4.69) is 22.0 Å². The van der Waals surface area contributed by atoms with Crippen molar-refractivity contribution in [3.63, 3.8) is 0 Å². The lowest BCUT2D eigenvalue weighted by Gasteiger charge is -2.04. The molecule has 2 aromatic rings. The second-order valence-corrected chi connectivity index (χ2v) is 3.80. The molecule has 0 fully saturated rings. The molecule has 0 atom stereocenters. The van der Waals surface area contributed by atoms with Gasteiger partial charge in [0, 0.05) is 11.4 Å². The molecule has 2 heteroatoms. The summed E-state index contributed by atoms with van der Waals surface area (Å²) in [5, 5.41) is 0. The fourth-order valence-corrected chi connectivity index (χ4v) is 1.73. The number of hydrogen-bond acceptors (Lipinski definition) is 1. The van der Waals surface area contributed by atoms with Gasteiger partial charge < -0.3 is 0 Å². The first-order valence-electron chi connectivity index (χ1n) is 5.12. The highest BCUT2D eigenvalue weighted by Gasteiger charge is 2.00. The van der Waals surface area contributed by atoms with Gasteiger partial charge in [0.2, 0.25) is 0 Å². The number of aryl methyl sites for hydroxylation is 2. The lowest BCUT2D eigenvalue weighted by atomic mass is 10.0. The monoisotopic (exact) mass is 208 g/mol. The van der Waals surface area contributed by atoms with Crippen molar-refractivity contribution in [2.45, 2.75) is 13.8 Å². The molecule has 16 heavy (non-hydrogen) atoms. The Morgan fingerprint density at radius 2 is 1.50 bits per heavy atom. The Bertz CT molecular complexity index is 528. The molecule has 0 N–H and O–H groups in total. The van der Waals surface area contributed by atoms with E-state index in [9.17, 15) is 0 Å². The molecule has 0 amide bonds. The summed E-state index contributed by atoms with van der Waals surface area (Å²) in [4.78, 5) is 7.72. The molecule has 0 aliphatic heterocycles. The molecule has 0 radical (unpaired) electrons. The summed E-state index contributed by atoms with van der Waals surface area (Å²) in [6, 6.07) is 11.7. The average Bonchev–Trinajstić information content (AvgIpc) is 2.28.